The second-order valence-electron chi connectivity index (χ2n) is 7.92. The first-order valence-electron chi connectivity index (χ1n) is 10.6. The maximum atomic E-state index is 14.3. The zero-order chi connectivity index (χ0) is 24.3. The molecular formula is C23H26FN3O5S. The number of fused-ring (bicyclic) bond motifs is 1. The van der Waals surface area contributed by atoms with Crippen LogP contribution >= 0.6 is 0 Å². The first kappa shape index (κ1) is 24.4. The molecule has 0 saturated carbocycles. The Morgan fingerprint density at radius 3 is 2.36 bits per heavy atom. The van der Waals surface area contributed by atoms with Crippen LogP contribution in [0.15, 0.2) is 53.4 Å². The molecule has 0 aromatic heterocycles. The molecule has 176 valence electrons. The highest BCUT2D eigenvalue weighted by atomic mass is 32.2. The van der Waals surface area contributed by atoms with Crippen LogP contribution < -0.4 is 5.32 Å². The maximum Gasteiger partial charge on any atom is 0.269 e. The van der Waals surface area contributed by atoms with Gasteiger partial charge >= 0.3 is 0 Å². The van der Waals surface area contributed by atoms with Gasteiger partial charge in [0.05, 0.1) is 5.56 Å². The van der Waals surface area contributed by atoms with E-state index in [-0.39, 0.29) is 28.6 Å². The molecule has 1 heterocycles. The van der Waals surface area contributed by atoms with Crippen LogP contribution in [-0.4, -0.2) is 54.0 Å². The largest absolute Gasteiger partial charge is 0.352 e. The number of benzene rings is 2. The third kappa shape index (κ3) is 4.90. The topological polar surface area (TPSA) is 104 Å². The van der Waals surface area contributed by atoms with E-state index in [2.05, 4.69) is 5.32 Å². The van der Waals surface area contributed by atoms with E-state index in [1.807, 2.05) is 6.92 Å². The summed E-state index contributed by atoms with van der Waals surface area (Å²) in [5.74, 6) is -2.65. The molecule has 10 heteroatoms. The summed E-state index contributed by atoms with van der Waals surface area (Å²) in [5, 5.41) is 2.77. The summed E-state index contributed by atoms with van der Waals surface area (Å²) in [7, 11) is -4.21. The van der Waals surface area contributed by atoms with Crippen molar-refractivity contribution in [3.8, 4) is 0 Å². The number of amides is 3. The molecule has 2 atom stereocenters. The molecule has 2 aromatic carbocycles. The number of rotatable bonds is 8. The zero-order valence-corrected chi connectivity index (χ0v) is 19.4. The Labute approximate surface area is 192 Å². The Hall–Kier alpha value is -3.27. The lowest BCUT2D eigenvalue weighted by Crippen LogP contribution is -2.52. The SMILES string of the molecule is CC[C@@H](C)NC(=O)[C@@H](C)N(Cc1ccccc1F)C(=O)CN1C(=O)c2ccccc2S1(=O)=O. The zero-order valence-electron chi connectivity index (χ0n) is 18.6. The first-order valence-corrected chi connectivity index (χ1v) is 12.0. The van der Waals surface area contributed by atoms with Gasteiger partial charge in [0.15, 0.2) is 0 Å². The minimum atomic E-state index is -4.21. The van der Waals surface area contributed by atoms with E-state index >= 15 is 0 Å². The molecule has 1 N–H and O–H groups in total. The van der Waals surface area contributed by atoms with Crippen LogP contribution in [0.2, 0.25) is 0 Å². The van der Waals surface area contributed by atoms with E-state index < -0.39 is 46.1 Å². The number of nitrogens with one attached hydrogen (secondary N) is 1. The van der Waals surface area contributed by atoms with Crippen molar-refractivity contribution in [1.29, 1.82) is 0 Å². The van der Waals surface area contributed by atoms with Crippen LogP contribution in [0.5, 0.6) is 0 Å². The van der Waals surface area contributed by atoms with Crippen molar-refractivity contribution in [3.05, 3.63) is 65.5 Å². The molecule has 0 saturated heterocycles. The summed E-state index contributed by atoms with van der Waals surface area (Å²) in [5.41, 5.74) is 0.140. The Bertz CT molecular complexity index is 1180. The minimum Gasteiger partial charge on any atom is -0.352 e. The van der Waals surface area contributed by atoms with Crippen molar-refractivity contribution >= 4 is 27.7 Å². The van der Waals surface area contributed by atoms with Gasteiger partial charge in [0.25, 0.3) is 15.9 Å². The van der Waals surface area contributed by atoms with Crippen molar-refractivity contribution in [2.45, 2.75) is 50.7 Å². The minimum absolute atomic E-state index is 0.0199. The van der Waals surface area contributed by atoms with E-state index in [9.17, 15) is 27.2 Å². The van der Waals surface area contributed by atoms with E-state index in [0.717, 1.165) is 4.90 Å². The summed E-state index contributed by atoms with van der Waals surface area (Å²) in [4.78, 5) is 39.6. The number of hydrogen-bond donors (Lipinski definition) is 1. The molecule has 0 aliphatic carbocycles. The van der Waals surface area contributed by atoms with Gasteiger partial charge in [-0.2, -0.15) is 0 Å². The van der Waals surface area contributed by atoms with Crippen LogP contribution in [0.1, 0.15) is 43.1 Å². The smallest absolute Gasteiger partial charge is 0.269 e. The third-order valence-corrected chi connectivity index (χ3v) is 7.44. The third-order valence-electron chi connectivity index (χ3n) is 5.66. The maximum absolute atomic E-state index is 14.3. The summed E-state index contributed by atoms with van der Waals surface area (Å²) >= 11 is 0. The van der Waals surface area contributed by atoms with Crippen LogP contribution in [-0.2, 0) is 26.2 Å². The highest BCUT2D eigenvalue weighted by Gasteiger charge is 2.43. The second-order valence-corrected chi connectivity index (χ2v) is 9.75. The lowest BCUT2D eigenvalue weighted by Gasteiger charge is -2.31. The van der Waals surface area contributed by atoms with Crippen molar-refractivity contribution in [1.82, 2.24) is 14.5 Å². The van der Waals surface area contributed by atoms with E-state index in [4.69, 9.17) is 0 Å². The standard InChI is InChI=1S/C23H26FN3O5S/c1-4-15(2)25-22(29)16(3)26(13-17-9-5-7-11-19(17)24)21(28)14-27-23(30)18-10-6-8-12-20(18)33(27,31)32/h5-12,15-16H,4,13-14H2,1-3H3,(H,25,29)/t15-,16-/m1/s1. The van der Waals surface area contributed by atoms with Crippen LogP contribution in [0.25, 0.3) is 0 Å². The average Bonchev–Trinajstić information content (AvgIpc) is 2.98. The van der Waals surface area contributed by atoms with Gasteiger partial charge in [-0.05, 0) is 38.5 Å². The fraction of sp³-hybridized carbons (Fsp3) is 0.348. The van der Waals surface area contributed by atoms with E-state index in [0.29, 0.717) is 10.7 Å². The lowest BCUT2D eigenvalue weighted by molar-refractivity contribution is -0.140. The van der Waals surface area contributed by atoms with Gasteiger partial charge in [0.2, 0.25) is 11.8 Å². The van der Waals surface area contributed by atoms with E-state index in [1.165, 1.54) is 49.4 Å². The van der Waals surface area contributed by atoms with Crippen LogP contribution in [0, 0.1) is 5.82 Å². The molecular weight excluding hydrogens is 449 g/mol. The molecule has 8 nitrogen and oxygen atoms in total. The van der Waals surface area contributed by atoms with E-state index in [1.54, 1.807) is 13.0 Å². The molecule has 0 fully saturated rings. The summed E-state index contributed by atoms with van der Waals surface area (Å²) in [6.07, 6.45) is 0.665. The van der Waals surface area contributed by atoms with Crippen molar-refractivity contribution < 1.29 is 27.2 Å². The normalized spacial score (nSPS) is 16.1. The molecule has 33 heavy (non-hydrogen) atoms. The van der Waals surface area contributed by atoms with Crippen molar-refractivity contribution in [2.24, 2.45) is 0 Å². The summed E-state index contributed by atoms with van der Waals surface area (Å²) < 4.78 is 40.5. The molecule has 3 rings (SSSR count). The fourth-order valence-electron chi connectivity index (χ4n) is 3.46. The van der Waals surface area contributed by atoms with Crippen molar-refractivity contribution in [3.63, 3.8) is 0 Å². The average molecular weight is 476 g/mol. The number of carbonyl (C=O) groups is 3. The number of nitrogens with zero attached hydrogens (tertiary/aromatic N) is 2. The number of halogens is 1. The number of hydrogen-bond acceptors (Lipinski definition) is 5. The van der Waals surface area contributed by atoms with Gasteiger partial charge in [0, 0.05) is 18.2 Å². The second kappa shape index (κ2) is 9.70. The van der Waals surface area contributed by atoms with Gasteiger partial charge in [-0.15, -0.1) is 0 Å². The van der Waals surface area contributed by atoms with Gasteiger partial charge in [-0.25, -0.2) is 17.1 Å². The van der Waals surface area contributed by atoms with Crippen LogP contribution in [0.3, 0.4) is 0 Å². The molecule has 2 aromatic rings. The quantitative estimate of drug-likeness (QED) is 0.631. The highest BCUT2D eigenvalue weighted by Crippen LogP contribution is 2.30. The first-order chi connectivity index (χ1) is 15.6. The summed E-state index contributed by atoms with van der Waals surface area (Å²) in [6, 6.07) is 10.3. The Morgan fingerprint density at radius 1 is 1.09 bits per heavy atom. The van der Waals surface area contributed by atoms with Gasteiger partial charge in [-0.1, -0.05) is 37.3 Å². The Morgan fingerprint density at radius 2 is 1.73 bits per heavy atom. The van der Waals surface area contributed by atoms with Gasteiger partial charge < -0.3 is 10.2 Å². The molecule has 0 unspecified atom stereocenters. The fourth-order valence-corrected chi connectivity index (χ4v) is 4.98. The lowest BCUT2D eigenvalue weighted by atomic mass is 10.1. The monoisotopic (exact) mass is 475 g/mol. The van der Waals surface area contributed by atoms with Crippen molar-refractivity contribution in [2.75, 3.05) is 6.54 Å². The number of carbonyl (C=O) groups excluding carboxylic acids is 3. The molecule has 1 aliphatic rings. The molecule has 0 spiro atoms. The van der Waals surface area contributed by atoms with Crippen LogP contribution in [0.4, 0.5) is 4.39 Å². The van der Waals surface area contributed by atoms with Gasteiger partial charge in [0.1, 0.15) is 23.3 Å². The number of sulfonamides is 1. The Kier molecular flexibility index (Phi) is 7.16. The molecule has 0 radical (unpaired) electrons. The van der Waals surface area contributed by atoms with Gasteiger partial charge in [-0.3, -0.25) is 14.4 Å². The Balaban J connectivity index is 1.90. The molecule has 3 amide bonds. The molecule has 0 bridgehead atoms. The highest BCUT2D eigenvalue weighted by molar-refractivity contribution is 7.90. The molecule has 1 aliphatic heterocycles. The predicted octanol–water partition coefficient (Wildman–Crippen LogP) is 2.30. The summed E-state index contributed by atoms with van der Waals surface area (Å²) in [6.45, 7) is 4.10. The predicted molar refractivity (Wildman–Crippen MR) is 119 cm³/mol.